The van der Waals surface area contributed by atoms with Crippen LogP contribution in [0.1, 0.15) is 12.6 Å². The number of hydrogen-bond donors (Lipinski definition) is 3. The van der Waals surface area contributed by atoms with Gasteiger partial charge in [0.25, 0.3) is 12.2 Å². The fraction of sp³-hybridized carbons (Fsp3) is 0.222. The van der Waals surface area contributed by atoms with E-state index in [4.69, 9.17) is 39.9 Å². The molecule has 5 rings (SSSR count). The molecule has 0 bridgehead atoms. The van der Waals surface area contributed by atoms with Gasteiger partial charge < -0.3 is 40.0 Å². The second-order valence-corrected chi connectivity index (χ2v) is 11.4. The molecule has 0 spiro atoms. The average molecular weight is 696 g/mol. The van der Waals surface area contributed by atoms with Crippen LogP contribution in [0.3, 0.4) is 0 Å². The summed E-state index contributed by atoms with van der Waals surface area (Å²) in [6.45, 7) is 1.44. The minimum atomic E-state index is -5.05. The Kier molecular flexibility index (Phi) is 20.5. The van der Waals surface area contributed by atoms with Crippen molar-refractivity contribution in [1.29, 1.82) is 10.5 Å². The maximum absolute atomic E-state index is 12.0. The molecule has 0 aliphatic carbocycles. The Hall–Kier alpha value is -1.67. The molecule has 2 atom stereocenters. The number of benzene rings is 3. The molecule has 18 heteroatoms. The first-order valence-corrected chi connectivity index (χ1v) is 14.1. The number of hydrogen-bond acceptors (Lipinski definition) is 12. The van der Waals surface area contributed by atoms with Gasteiger partial charge in [0, 0.05) is 12.1 Å². The third kappa shape index (κ3) is 16.6. The molecule has 3 N–H and O–H groups in total. The van der Waals surface area contributed by atoms with Gasteiger partial charge in [0.05, 0.1) is 46.0 Å². The van der Waals surface area contributed by atoms with Crippen LogP contribution in [-0.4, -0.2) is 67.6 Å². The summed E-state index contributed by atoms with van der Waals surface area (Å²) < 4.78 is 46.8. The summed E-state index contributed by atoms with van der Waals surface area (Å²) in [7, 11) is -5.05. The quantitative estimate of drug-likeness (QED) is 0.0512. The van der Waals surface area contributed by atoms with Crippen molar-refractivity contribution in [1.82, 2.24) is 0 Å². The van der Waals surface area contributed by atoms with E-state index in [1.54, 1.807) is 30.3 Å². The van der Waals surface area contributed by atoms with Gasteiger partial charge in [0.2, 0.25) is 0 Å². The van der Waals surface area contributed by atoms with Crippen LogP contribution < -0.4 is 113 Å². The Bertz CT molecular complexity index is 1560. The molecule has 3 aromatic carbocycles. The van der Waals surface area contributed by atoms with Crippen molar-refractivity contribution in [2.24, 2.45) is 0 Å². The van der Waals surface area contributed by atoms with Crippen LogP contribution in [0.5, 0.6) is 11.5 Å². The number of non-ortho nitro benzene ring substituents is 1. The normalized spacial score (nSPS) is 15.8. The minimum Gasteiger partial charge on any atom is -1.00 e. The van der Waals surface area contributed by atoms with Crippen LogP contribution in [0.15, 0.2) is 77.7 Å². The number of nitrogens with zero attached hydrogens (tertiary/aromatic N) is 3. The van der Waals surface area contributed by atoms with Gasteiger partial charge in [-0.15, -0.1) is 0 Å². The molecular formula is C27H27K2N3O12S. The van der Waals surface area contributed by atoms with Gasteiger partial charge >= 0.3 is 103 Å². The predicted octanol–water partition coefficient (Wildman–Crippen LogP) is -3.73. The number of rotatable bonds is 8. The van der Waals surface area contributed by atoms with Crippen molar-refractivity contribution >= 4 is 21.8 Å². The zero-order valence-corrected chi connectivity index (χ0v) is 31.3. The zero-order valence-electron chi connectivity index (χ0n) is 25.3. The standard InChI is InChI=1S/C10H9NO2.C9H11NO6S.C7H5NO.CH2O3.2K.H/c11-5-8-3-1-2-4-10(8)13-7-9-6-12-9;11-10(12)7-2-1-3-9(4-7)17(13,14,15)6-8-5-16-8;8-5-6-3-1-2-4-7(6)9;2-1-4-3;;;/h1-4,9H,6-7H2;1-4,8H,5-6H2,(H2,13,14,15);1-4,9H;1,3H;;;/q;;;;2*+1;-1/p-1. The maximum atomic E-state index is 12.0. The van der Waals surface area contributed by atoms with E-state index >= 15 is 0 Å². The number of phenolic OH excluding ortho intramolecular Hbond substituents is 1. The van der Waals surface area contributed by atoms with Crippen molar-refractivity contribution in [3.63, 3.8) is 0 Å². The van der Waals surface area contributed by atoms with Crippen LogP contribution in [0.2, 0.25) is 0 Å². The number of nitriles is 2. The molecule has 0 aromatic heterocycles. The summed E-state index contributed by atoms with van der Waals surface area (Å²) in [5.74, 6) is 0.221. The Balaban J connectivity index is 0. The molecule has 45 heavy (non-hydrogen) atoms. The molecule has 2 heterocycles. The molecule has 15 nitrogen and oxygen atoms in total. The number of nitro benzene ring substituents is 1. The van der Waals surface area contributed by atoms with Crippen LogP contribution >= 0.6 is 0 Å². The molecule has 2 unspecified atom stereocenters. The topological polar surface area (TPSA) is 252 Å². The number of phenols is 1. The molecule has 0 saturated carbocycles. The number of carbonyl (C=O) groups excluding carboxylic acids is 1. The Morgan fingerprint density at radius 1 is 0.978 bits per heavy atom. The third-order valence-electron chi connectivity index (χ3n) is 5.29. The second kappa shape index (κ2) is 21.3. The van der Waals surface area contributed by atoms with Crippen LogP contribution in [0.4, 0.5) is 5.69 Å². The van der Waals surface area contributed by atoms with Gasteiger partial charge in [0.15, 0.2) is 0 Å². The zero-order chi connectivity index (χ0) is 31.9. The smallest absolute Gasteiger partial charge is 1.00 e. The van der Waals surface area contributed by atoms with Crippen LogP contribution in [0, 0.1) is 32.8 Å². The van der Waals surface area contributed by atoms with Crippen molar-refractivity contribution in [3.05, 3.63) is 94.0 Å². The molecular weight excluding hydrogens is 669 g/mol. The van der Waals surface area contributed by atoms with E-state index in [0.29, 0.717) is 30.1 Å². The Labute approximate surface area is 344 Å². The van der Waals surface area contributed by atoms with Gasteiger partial charge in [-0.05, 0) is 30.3 Å². The largest absolute Gasteiger partial charge is 1.00 e. The molecule has 2 aliphatic heterocycles. The summed E-state index contributed by atoms with van der Waals surface area (Å²) in [5.41, 5.74) is 0.543. The van der Waals surface area contributed by atoms with Crippen molar-refractivity contribution < 1.29 is 157 Å². The minimum absolute atomic E-state index is 0. The summed E-state index contributed by atoms with van der Waals surface area (Å²) >= 11 is 0. The third-order valence-corrected chi connectivity index (χ3v) is 7.46. The number of carbonyl (C=O) groups is 1. The first-order chi connectivity index (χ1) is 20.4. The molecule has 230 valence electrons. The Morgan fingerprint density at radius 2 is 1.51 bits per heavy atom. The number of para-hydroxylation sites is 2. The van der Waals surface area contributed by atoms with E-state index in [1.807, 2.05) is 18.2 Å². The van der Waals surface area contributed by atoms with Gasteiger partial charge in [-0.2, -0.15) is 10.5 Å². The average Bonchev–Trinajstić information content (AvgIpc) is 3.94. The van der Waals surface area contributed by atoms with Gasteiger partial charge in [-0.1, -0.05) is 30.3 Å². The summed E-state index contributed by atoms with van der Waals surface area (Å²) in [6.07, 6.45) is -0.240. The molecule has 3 aromatic rings. The Morgan fingerprint density at radius 3 is 1.98 bits per heavy atom. The number of epoxide rings is 2. The van der Waals surface area contributed by atoms with E-state index in [2.05, 4.69) is 11.0 Å². The van der Waals surface area contributed by atoms with Crippen molar-refractivity contribution in [2.45, 2.75) is 17.1 Å². The fourth-order valence-electron chi connectivity index (χ4n) is 3.05. The number of ether oxygens (including phenoxy) is 3. The van der Waals surface area contributed by atoms with Crippen LogP contribution in [-0.2, 0) is 28.8 Å². The molecule has 2 fully saturated rings. The van der Waals surface area contributed by atoms with E-state index in [0.717, 1.165) is 12.7 Å². The molecule has 0 amide bonds. The monoisotopic (exact) mass is 695 g/mol. The first kappa shape index (κ1) is 43.3. The van der Waals surface area contributed by atoms with E-state index in [9.17, 15) is 23.4 Å². The summed E-state index contributed by atoms with van der Waals surface area (Å²) in [5, 5.41) is 44.9. The maximum Gasteiger partial charge on any atom is 1.00 e. The van der Waals surface area contributed by atoms with Crippen molar-refractivity contribution in [3.8, 4) is 23.6 Å². The number of aromatic hydroxyl groups is 1. The number of nitro groups is 1. The fourth-order valence-corrected chi connectivity index (χ4v) is 4.81. The van der Waals surface area contributed by atoms with E-state index in [1.165, 1.54) is 24.3 Å². The van der Waals surface area contributed by atoms with Gasteiger partial charge in [-0.3, -0.25) is 14.9 Å². The second-order valence-electron chi connectivity index (χ2n) is 8.59. The van der Waals surface area contributed by atoms with Crippen molar-refractivity contribution in [2.75, 3.05) is 25.6 Å². The summed E-state index contributed by atoms with van der Waals surface area (Å²) in [6, 6.07) is 22.1. The first-order valence-electron chi connectivity index (χ1n) is 12.1. The van der Waals surface area contributed by atoms with Gasteiger partial charge in [0.1, 0.15) is 46.0 Å². The van der Waals surface area contributed by atoms with Gasteiger partial charge in [-0.25, -0.2) is 4.21 Å². The molecule has 2 saturated heterocycles. The molecule has 2 aliphatic rings. The van der Waals surface area contributed by atoms with E-state index in [-0.39, 0.29) is 133 Å². The molecule has 0 radical (unpaired) electrons. The van der Waals surface area contributed by atoms with Crippen LogP contribution in [0.25, 0.3) is 0 Å². The SMILES string of the molecule is N#Cc1ccccc1O.N#Cc1ccccc1OCC1CO1.O=CO[O-].O=[N+]([O-])c1cccc(S(=O)(O)(O)CC2CO2)c1.[H-].[K+].[K+]. The summed E-state index contributed by atoms with van der Waals surface area (Å²) in [4.78, 5) is 20.7. The predicted molar refractivity (Wildman–Crippen MR) is 147 cm³/mol. The van der Waals surface area contributed by atoms with E-state index < -0.39 is 26.4 Å².